The first-order valence-corrected chi connectivity index (χ1v) is 6.91. The number of halogens is 3. The Morgan fingerprint density at radius 1 is 1.21 bits per heavy atom. The van der Waals surface area contributed by atoms with Crippen molar-refractivity contribution in [3.63, 3.8) is 0 Å². The lowest BCUT2D eigenvalue weighted by Crippen LogP contribution is -2.02. The number of benzene rings is 2. The van der Waals surface area contributed by atoms with E-state index in [1.165, 1.54) is 12.1 Å². The van der Waals surface area contributed by atoms with Gasteiger partial charge in [0.05, 0.1) is 16.7 Å². The van der Waals surface area contributed by atoms with Crippen molar-refractivity contribution in [1.29, 1.82) is 0 Å². The van der Waals surface area contributed by atoms with Crippen LogP contribution in [0.25, 0.3) is 16.7 Å². The van der Waals surface area contributed by atoms with Crippen LogP contribution in [0.15, 0.2) is 36.4 Å². The predicted molar refractivity (Wildman–Crippen MR) is 83.2 cm³/mol. The minimum Gasteiger partial charge on any atom is -0.369 e. The van der Waals surface area contributed by atoms with Crippen LogP contribution in [0, 0.1) is 9.39 Å². The minimum atomic E-state index is -0.283. The second-order valence-corrected chi connectivity index (χ2v) is 5.63. The molecule has 1 heterocycles. The van der Waals surface area contributed by atoms with Crippen molar-refractivity contribution < 1.29 is 4.39 Å². The van der Waals surface area contributed by atoms with Crippen LogP contribution in [-0.4, -0.2) is 9.55 Å². The Kier molecular flexibility index (Phi) is 3.10. The Hall–Kier alpha value is -1.34. The van der Waals surface area contributed by atoms with Crippen molar-refractivity contribution in [1.82, 2.24) is 9.55 Å². The largest absolute Gasteiger partial charge is 0.369 e. The van der Waals surface area contributed by atoms with Gasteiger partial charge in [0.2, 0.25) is 5.95 Å². The molecule has 96 valence electrons. The molecule has 19 heavy (non-hydrogen) atoms. The van der Waals surface area contributed by atoms with E-state index in [1.54, 1.807) is 28.8 Å². The Balaban J connectivity index is 2.35. The van der Waals surface area contributed by atoms with Gasteiger partial charge in [0.25, 0.3) is 0 Å². The Morgan fingerprint density at radius 2 is 2.00 bits per heavy atom. The van der Waals surface area contributed by atoms with E-state index in [2.05, 4.69) is 27.6 Å². The van der Waals surface area contributed by atoms with E-state index in [9.17, 15) is 4.39 Å². The molecule has 0 amide bonds. The van der Waals surface area contributed by atoms with Crippen LogP contribution in [0.2, 0.25) is 5.02 Å². The van der Waals surface area contributed by atoms with Crippen molar-refractivity contribution in [2.75, 3.05) is 5.73 Å². The Bertz CT molecular complexity index is 785. The summed E-state index contributed by atoms with van der Waals surface area (Å²) < 4.78 is 15.7. The normalized spacial score (nSPS) is 11.1. The fourth-order valence-electron chi connectivity index (χ4n) is 1.98. The zero-order valence-electron chi connectivity index (χ0n) is 9.57. The van der Waals surface area contributed by atoms with Gasteiger partial charge < -0.3 is 5.73 Å². The highest BCUT2D eigenvalue weighted by atomic mass is 127. The molecule has 0 fully saturated rings. The predicted octanol–water partition coefficient (Wildman–Crippen LogP) is 4.00. The lowest BCUT2D eigenvalue weighted by atomic mass is 10.2. The first-order valence-electron chi connectivity index (χ1n) is 5.45. The maximum atomic E-state index is 13.2. The van der Waals surface area contributed by atoms with Crippen molar-refractivity contribution in [2.45, 2.75) is 0 Å². The van der Waals surface area contributed by atoms with Crippen LogP contribution in [-0.2, 0) is 0 Å². The lowest BCUT2D eigenvalue weighted by molar-refractivity contribution is 0.626. The summed E-state index contributed by atoms with van der Waals surface area (Å²) in [5, 5.41) is 0.603. The summed E-state index contributed by atoms with van der Waals surface area (Å²) in [5.41, 5.74) is 8.29. The topological polar surface area (TPSA) is 43.8 Å². The van der Waals surface area contributed by atoms with Crippen molar-refractivity contribution in [3.05, 3.63) is 50.8 Å². The van der Waals surface area contributed by atoms with Gasteiger partial charge in [-0.05, 0) is 59.0 Å². The van der Waals surface area contributed by atoms with E-state index in [1.807, 2.05) is 0 Å². The zero-order chi connectivity index (χ0) is 13.6. The van der Waals surface area contributed by atoms with Crippen LogP contribution >= 0.6 is 34.2 Å². The molecule has 0 aliphatic carbocycles. The summed E-state index contributed by atoms with van der Waals surface area (Å²) in [7, 11) is 0. The van der Waals surface area contributed by atoms with Gasteiger partial charge in [-0.3, -0.25) is 4.57 Å². The zero-order valence-corrected chi connectivity index (χ0v) is 12.5. The van der Waals surface area contributed by atoms with Crippen molar-refractivity contribution in [2.24, 2.45) is 0 Å². The Labute approximate surface area is 127 Å². The van der Waals surface area contributed by atoms with Crippen LogP contribution in [0.1, 0.15) is 0 Å². The maximum Gasteiger partial charge on any atom is 0.205 e. The summed E-state index contributed by atoms with van der Waals surface area (Å²) in [6.45, 7) is 0. The number of anilines is 1. The third-order valence-electron chi connectivity index (χ3n) is 2.79. The summed E-state index contributed by atoms with van der Waals surface area (Å²) in [6.07, 6.45) is 0. The van der Waals surface area contributed by atoms with Gasteiger partial charge in [-0.2, -0.15) is 0 Å². The second kappa shape index (κ2) is 4.64. The average molecular weight is 388 g/mol. The highest BCUT2D eigenvalue weighted by Crippen LogP contribution is 2.28. The molecule has 0 aliphatic heterocycles. The van der Waals surface area contributed by atoms with Crippen molar-refractivity contribution in [3.8, 4) is 5.69 Å². The quantitative estimate of drug-likeness (QED) is 0.641. The number of hydrogen-bond donors (Lipinski definition) is 1. The minimum absolute atomic E-state index is 0.283. The first kappa shape index (κ1) is 12.7. The molecule has 0 radical (unpaired) electrons. The molecule has 3 nitrogen and oxygen atoms in total. The van der Waals surface area contributed by atoms with Crippen LogP contribution < -0.4 is 5.73 Å². The van der Waals surface area contributed by atoms with E-state index < -0.39 is 0 Å². The van der Waals surface area contributed by atoms with Gasteiger partial charge in [0, 0.05) is 8.59 Å². The molecule has 1 aromatic heterocycles. The van der Waals surface area contributed by atoms with Gasteiger partial charge in [-0.15, -0.1) is 0 Å². The van der Waals surface area contributed by atoms with Crippen LogP contribution in [0.5, 0.6) is 0 Å². The second-order valence-electron chi connectivity index (χ2n) is 4.03. The molecule has 2 N–H and O–H groups in total. The first-order chi connectivity index (χ1) is 9.06. The average Bonchev–Trinajstić information content (AvgIpc) is 2.65. The summed E-state index contributed by atoms with van der Waals surface area (Å²) in [6, 6.07) is 9.88. The lowest BCUT2D eigenvalue weighted by Gasteiger charge is -2.09. The summed E-state index contributed by atoms with van der Waals surface area (Å²) in [5.74, 6) is 0.0657. The number of rotatable bonds is 1. The summed E-state index contributed by atoms with van der Waals surface area (Å²) >= 11 is 8.08. The van der Waals surface area contributed by atoms with Gasteiger partial charge in [-0.1, -0.05) is 11.6 Å². The highest BCUT2D eigenvalue weighted by molar-refractivity contribution is 14.1. The van der Waals surface area contributed by atoms with E-state index in [0.717, 1.165) is 20.3 Å². The number of imidazole rings is 1. The highest BCUT2D eigenvalue weighted by Gasteiger charge is 2.13. The van der Waals surface area contributed by atoms with Crippen molar-refractivity contribution >= 4 is 51.2 Å². The molecule has 0 unspecified atom stereocenters. The van der Waals surface area contributed by atoms with Gasteiger partial charge in [-0.25, -0.2) is 9.37 Å². The number of nitrogen functional groups attached to an aromatic ring is 1. The smallest absolute Gasteiger partial charge is 0.205 e. The van der Waals surface area contributed by atoms with E-state index in [-0.39, 0.29) is 5.82 Å². The van der Waals surface area contributed by atoms with Gasteiger partial charge in [0.1, 0.15) is 5.82 Å². The van der Waals surface area contributed by atoms with Gasteiger partial charge >= 0.3 is 0 Å². The SMILES string of the molecule is Nc1nc2ccc(Cl)cc2n1-c1ccc(F)cc1I. The third-order valence-corrected chi connectivity index (χ3v) is 3.89. The third kappa shape index (κ3) is 2.17. The fraction of sp³-hybridized carbons (Fsp3) is 0. The van der Waals surface area contributed by atoms with E-state index in [0.29, 0.717) is 11.0 Å². The molecule has 3 rings (SSSR count). The number of fused-ring (bicyclic) bond motifs is 1. The molecule has 0 aliphatic rings. The molecular weight excluding hydrogens is 380 g/mol. The molecule has 0 bridgehead atoms. The van der Waals surface area contributed by atoms with Crippen LogP contribution in [0.3, 0.4) is 0 Å². The standard InChI is InChI=1S/C13H8ClFIN3/c14-7-1-3-10-12(5-7)19(13(17)18-10)11-4-2-8(15)6-9(11)16/h1-6H,(H2,17,18). The number of hydrogen-bond acceptors (Lipinski definition) is 2. The molecule has 0 atom stereocenters. The number of aromatic nitrogens is 2. The molecular formula is C13H8ClFIN3. The Morgan fingerprint density at radius 3 is 2.74 bits per heavy atom. The molecule has 0 spiro atoms. The number of nitrogens with zero attached hydrogens (tertiary/aromatic N) is 2. The van der Waals surface area contributed by atoms with Gasteiger partial charge in [0.15, 0.2) is 0 Å². The fourth-order valence-corrected chi connectivity index (χ4v) is 2.87. The number of nitrogens with two attached hydrogens (primary N) is 1. The van der Waals surface area contributed by atoms with Crippen LogP contribution in [0.4, 0.5) is 10.3 Å². The monoisotopic (exact) mass is 387 g/mol. The van der Waals surface area contributed by atoms with E-state index >= 15 is 0 Å². The maximum absolute atomic E-state index is 13.2. The summed E-state index contributed by atoms with van der Waals surface area (Å²) in [4.78, 5) is 4.28. The molecule has 3 aromatic rings. The van der Waals surface area contributed by atoms with E-state index in [4.69, 9.17) is 17.3 Å². The molecule has 2 aromatic carbocycles. The molecule has 0 saturated carbocycles. The molecule has 0 saturated heterocycles. The molecule has 6 heteroatoms.